The Bertz CT molecular complexity index is 530. The van der Waals surface area contributed by atoms with Crippen molar-refractivity contribution >= 4 is 5.91 Å². The summed E-state index contributed by atoms with van der Waals surface area (Å²) >= 11 is 0. The molecule has 2 aromatic heterocycles. The summed E-state index contributed by atoms with van der Waals surface area (Å²) in [5, 5.41) is 12.5. The first-order chi connectivity index (χ1) is 8.70. The van der Waals surface area contributed by atoms with E-state index < -0.39 is 0 Å². The molecule has 0 aromatic carbocycles. The fourth-order valence-corrected chi connectivity index (χ4v) is 1.54. The van der Waals surface area contributed by atoms with Gasteiger partial charge < -0.3 is 15.1 Å². The number of amides is 1. The Labute approximate surface area is 105 Å². The number of carbonyl (C=O) groups is 1. The van der Waals surface area contributed by atoms with Crippen LogP contribution in [-0.2, 0) is 0 Å². The van der Waals surface area contributed by atoms with E-state index in [1.807, 2.05) is 26.1 Å². The number of nitrogens with one attached hydrogen (secondary N) is 3. The molecule has 0 atom stereocenters. The van der Waals surface area contributed by atoms with Gasteiger partial charge in [-0.3, -0.25) is 9.89 Å². The van der Waals surface area contributed by atoms with E-state index in [4.69, 9.17) is 4.42 Å². The summed E-state index contributed by atoms with van der Waals surface area (Å²) in [6.45, 7) is 3.16. The van der Waals surface area contributed by atoms with Crippen LogP contribution in [0.2, 0.25) is 0 Å². The first-order valence-corrected chi connectivity index (χ1v) is 5.75. The molecule has 0 aliphatic carbocycles. The maximum absolute atomic E-state index is 11.7. The number of carbonyl (C=O) groups excluding carboxylic acids is 1. The van der Waals surface area contributed by atoms with E-state index in [2.05, 4.69) is 20.8 Å². The predicted molar refractivity (Wildman–Crippen MR) is 67.3 cm³/mol. The molecule has 6 heteroatoms. The summed E-state index contributed by atoms with van der Waals surface area (Å²) in [5.74, 6) is 1.30. The second kappa shape index (κ2) is 5.50. The summed E-state index contributed by atoms with van der Waals surface area (Å²) in [4.78, 5) is 11.7. The summed E-state index contributed by atoms with van der Waals surface area (Å²) in [5.41, 5.74) is 1.05. The van der Waals surface area contributed by atoms with Crippen LogP contribution in [0.4, 0.5) is 0 Å². The number of likely N-dealkylation sites (N-methyl/N-ethyl adjacent to an activating group) is 1. The minimum absolute atomic E-state index is 0.198. The molecule has 0 aliphatic rings. The molecule has 0 radical (unpaired) electrons. The molecular weight excluding hydrogens is 232 g/mol. The van der Waals surface area contributed by atoms with Crippen LogP contribution in [-0.4, -0.2) is 36.2 Å². The van der Waals surface area contributed by atoms with Gasteiger partial charge in [0.2, 0.25) is 0 Å². The maximum Gasteiger partial charge on any atom is 0.271 e. The van der Waals surface area contributed by atoms with Gasteiger partial charge >= 0.3 is 0 Å². The normalized spacial score (nSPS) is 10.6. The highest BCUT2D eigenvalue weighted by Crippen LogP contribution is 2.20. The van der Waals surface area contributed by atoms with Crippen molar-refractivity contribution in [2.24, 2.45) is 0 Å². The molecular formula is C12H16N4O2. The molecule has 3 N–H and O–H groups in total. The molecule has 0 saturated heterocycles. The lowest BCUT2D eigenvalue weighted by Crippen LogP contribution is -2.30. The van der Waals surface area contributed by atoms with Crippen LogP contribution in [0.25, 0.3) is 11.5 Å². The minimum Gasteiger partial charge on any atom is -0.460 e. The number of rotatable bonds is 5. The number of aromatic nitrogens is 2. The molecule has 96 valence electrons. The average Bonchev–Trinajstić information content (AvgIpc) is 2.97. The Hall–Kier alpha value is -2.08. The van der Waals surface area contributed by atoms with Crippen molar-refractivity contribution in [3.05, 3.63) is 29.7 Å². The standard InChI is InChI=1S/C12H16N4O2/c1-8-3-4-11(18-8)9-7-10(16-15-9)12(17)14-6-5-13-2/h3-4,7,13H,5-6H2,1-2H3,(H,14,17)(H,15,16). The smallest absolute Gasteiger partial charge is 0.271 e. The van der Waals surface area contributed by atoms with Gasteiger partial charge in [0.05, 0.1) is 0 Å². The van der Waals surface area contributed by atoms with E-state index in [-0.39, 0.29) is 5.91 Å². The third-order valence-electron chi connectivity index (χ3n) is 2.48. The Kier molecular flexibility index (Phi) is 3.78. The van der Waals surface area contributed by atoms with Crippen molar-refractivity contribution < 1.29 is 9.21 Å². The highest BCUT2D eigenvalue weighted by molar-refractivity contribution is 5.93. The molecule has 0 saturated carbocycles. The van der Waals surface area contributed by atoms with Crippen molar-refractivity contribution in [3.63, 3.8) is 0 Å². The van der Waals surface area contributed by atoms with Crippen LogP contribution >= 0.6 is 0 Å². The molecule has 6 nitrogen and oxygen atoms in total. The van der Waals surface area contributed by atoms with Crippen LogP contribution in [0, 0.1) is 6.92 Å². The molecule has 0 bridgehead atoms. The topological polar surface area (TPSA) is 83.0 Å². The van der Waals surface area contributed by atoms with Gasteiger partial charge in [0.25, 0.3) is 5.91 Å². The monoisotopic (exact) mass is 248 g/mol. The van der Waals surface area contributed by atoms with Crippen molar-refractivity contribution in [1.82, 2.24) is 20.8 Å². The minimum atomic E-state index is -0.198. The Morgan fingerprint density at radius 3 is 2.94 bits per heavy atom. The number of aromatic amines is 1. The summed E-state index contributed by atoms with van der Waals surface area (Å²) in [6, 6.07) is 5.38. The predicted octanol–water partition coefficient (Wildman–Crippen LogP) is 0.927. The number of furan rings is 1. The molecule has 0 aliphatic heterocycles. The second-order valence-corrected chi connectivity index (χ2v) is 3.94. The number of H-pyrrole nitrogens is 1. The zero-order chi connectivity index (χ0) is 13.0. The van der Waals surface area contributed by atoms with Crippen molar-refractivity contribution in [1.29, 1.82) is 0 Å². The number of nitrogens with zero attached hydrogens (tertiary/aromatic N) is 1. The summed E-state index contributed by atoms with van der Waals surface area (Å²) in [6.07, 6.45) is 0. The van der Waals surface area contributed by atoms with Crippen molar-refractivity contribution in [2.75, 3.05) is 20.1 Å². The van der Waals surface area contributed by atoms with Gasteiger partial charge in [-0.2, -0.15) is 5.10 Å². The Morgan fingerprint density at radius 2 is 2.28 bits per heavy atom. The van der Waals surface area contributed by atoms with Gasteiger partial charge in [0.15, 0.2) is 11.5 Å². The lowest BCUT2D eigenvalue weighted by molar-refractivity contribution is 0.0949. The molecule has 0 spiro atoms. The van der Waals surface area contributed by atoms with Crippen LogP contribution in [0.15, 0.2) is 22.6 Å². The number of hydrogen-bond donors (Lipinski definition) is 3. The van der Waals surface area contributed by atoms with E-state index >= 15 is 0 Å². The summed E-state index contributed by atoms with van der Waals surface area (Å²) in [7, 11) is 1.83. The largest absolute Gasteiger partial charge is 0.460 e. The highest BCUT2D eigenvalue weighted by atomic mass is 16.3. The Morgan fingerprint density at radius 1 is 1.44 bits per heavy atom. The number of aryl methyl sites for hydroxylation is 1. The SMILES string of the molecule is CNCCNC(=O)c1cc(-c2ccc(C)o2)[nH]n1. The molecule has 0 unspecified atom stereocenters. The van der Waals surface area contributed by atoms with E-state index in [1.54, 1.807) is 6.07 Å². The van der Waals surface area contributed by atoms with E-state index in [0.29, 0.717) is 23.7 Å². The summed E-state index contributed by atoms with van der Waals surface area (Å²) < 4.78 is 5.45. The molecule has 2 rings (SSSR count). The number of hydrogen-bond acceptors (Lipinski definition) is 4. The molecule has 1 amide bonds. The average molecular weight is 248 g/mol. The van der Waals surface area contributed by atoms with Crippen LogP contribution in [0.1, 0.15) is 16.2 Å². The van der Waals surface area contributed by atoms with Gasteiger partial charge in [-0.05, 0) is 26.1 Å². The third-order valence-corrected chi connectivity index (χ3v) is 2.48. The fourth-order valence-electron chi connectivity index (χ4n) is 1.54. The van der Waals surface area contributed by atoms with Gasteiger partial charge in [-0.25, -0.2) is 0 Å². The maximum atomic E-state index is 11.7. The van der Waals surface area contributed by atoms with Crippen LogP contribution < -0.4 is 10.6 Å². The van der Waals surface area contributed by atoms with Gasteiger partial charge in [0.1, 0.15) is 11.5 Å². The molecule has 2 heterocycles. The van der Waals surface area contributed by atoms with E-state index in [9.17, 15) is 4.79 Å². The van der Waals surface area contributed by atoms with E-state index in [0.717, 1.165) is 12.3 Å². The molecule has 2 aromatic rings. The van der Waals surface area contributed by atoms with Crippen LogP contribution in [0.3, 0.4) is 0 Å². The molecule has 0 fully saturated rings. The van der Waals surface area contributed by atoms with Crippen molar-refractivity contribution in [3.8, 4) is 11.5 Å². The zero-order valence-corrected chi connectivity index (χ0v) is 10.4. The van der Waals surface area contributed by atoms with Gasteiger partial charge in [0, 0.05) is 19.2 Å². The third kappa shape index (κ3) is 2.78. The van der Waals surface area contributed by atoms with E-state index in [1.165, 1.54) is 0 Å². The molecule has 18 heavy (non-hydrogen) atoms. The quantitative estimate of drug-likeness (QED) is 0.687. The lowest BCUT2D eigenvalue weighted by Gasteiger charge is -2.00. The fraction of sp³-hybridized carbons (Fsp3) is 0.333. The lowest BCUT2D eigenvalue weighted by atomic mass is 10.3. The van der Waals surface area contributed by atoms with Gasteiger partial charge in [-0.1, -0.05) is 0 Å². The second-order valence-electron chi connectivity index (χ2n) is 3.94. The first-order valence-electron chi connectivity index (χ1n) is 5.75. The Balaban J connectivity index is 2.04. The van der Waals surface area contributed by atoms with Crippen molar-refractivity contribution in [2.45, 2.75) is 6.92 Å². The van der Waals surface area contributed by atoms with Gasteiger partial charge in [-0.15, -0.1) is 0 Å². The van der Waals surface area contributed by atoms with Crippen LogP contribution in [0.5, 0.6) is 0 Å². The first kappa shape index (κ1) is 12.4. The highest BCUT2D eigenvalue weighted by Gasteiger charge is 2.12. The zero-order valence-electron chi connectivity index (χ0n) is 10.4.